The van der Waals surface area contributed by atoms with Crippen molar-refractivity contribution in [1.29, 1.82) is 0 Å². The Labute approximate surface area is 201 Å². The van der Waals surface area contributed by atoms with Crippen molar-refractivity contribution >= 4 is 28.9 Å². The molecule has 1 unspecified atom stereocenters. The van der Waals surface area contributed by atoms with E-state index in [-0.39, 0.29) is 23.1 Å². The van der Waals surface area contributed by atoms with Gasteiger partial charge in [-0.3, -0.25) is 14.2 Å². The van der Waals surface area contributed by atoms with E-state index in [1.54, 1.807) is 61.4 Å². The average molecular weight is 475 g/mol. The summed E-state index contributed by atoms with van der Waals surface area (Å²) < 4.78 is 8.56. The molecule has 11 nitrogen and oxygen atoms in total. The van der Waals surface area contributed by atoms with Gasteiger partial charge in [0.1, 0.15) is 28.7 Å². The Balaban J connectivity index is 1.48. The summed E-state index contributed by atoms with van der Waals surface area (Å²) in [6.07, 6.45) is 6.49. The minimum Gasteiger partial charge on any atom is -0.376 e. The first-order chi connectivity index (χ1) is 16.9. The van der Waals surface area contributed by atoms with Crippen molar-refractivity contribution in [2.45, 2.75) is 31.4 Å². The van der Waals surface area contributed by atoms with Gasteiger partial charge in [0.15, 0.2) is 5.65 Å². The highest BCUT2D eigenvalue weighted by Crippen LogP contribution is 2.35. The molecule has 5 rings (SSSR count). The number of nitrogens with one attached hydrogen (secondary N) is 3. The number of amides is 1. The van der Waals surface area contributed by atoms with Crippen molar-refractivity contribution in [3.8, 4) is 5.82 Å². The molecule has 0 aliphatic heterocycles. The van der Waals surface area contributed by atoms with Crippen LogP contribution >= 0.6 is 0 Å². The van der Waals surface area contributed by atoms with Crippen molar-refractivity contribution < 1.29 is 9.53 Å². The maximum atomic E-state index is 13.1. The van der Waals surface area contributed by atoms with Gasteiger partial charge in [0, 0.05) is 32.6 Å². The number of hydrogen-bond donors (Lipinski definition) is 3. The van der Waals surface area contributed by atoms with Gasteiger partial charge in [-0.25, -0.2) is 9.97 Å². The van der Waals surface area contributed by atoms with E-state index in [1.165, 1.54) is 10.8 Å². The van der Waals surface area contributed by atoms with Crippen LogP contribution in [0.5, 0.6) is 0 Å². The monoisotopic (exact) mass is 474 g/mol. The van der Waals surface area contributed by atoms with Crippen LogP contribution in [0.3, 0.4) is 0 Å². The lowest BCUT2D eigenvalue weighted by atomic mass is 9.76. The minimum atomic E-state index is -0.379. The summed E-state index contributed by atoms with van der Waals surface area (Å²) in [6.45, 7) is 1.98. The number of carbonyl (C=O) groups is 1. The summed E-state index contributed by atoms with van der Waals surface area (Å²) in [5.41, 5.74) is 0.336. The van der Waals surface area contributed by atoms with E-state index in [1.807, 2.05) is 13.0 Å². The molecule has 0 saturated heterocycles. The van der Waals surface area contributed by atoms with Crippen LogP contribution in [-0.2, 0) is 4.74 Å². The number of rotatable bonds is 7. The molecule has 4 aromatic rings. The molecule has 3 N–H and O–H groups in total. The Morgan fingerprint density at radius 3 is 2.80 bits per heavy atom. The van der Waals surface area contributed by atoms with Crippen LogP contribution in [-0.4, -0.2) is 55.9 Å². The molecule has 0 bridgehead atoms. The standard InChI is InChI=1S/C24H26N8O3/c1-24(35-3)10-9-17(24)29-22(33)15-14-27-32-20(25-2)13-18(30-21(15)32)28-16-7-6-12-31(23(16)34)19-8-4-5-11-26-19/h4-8,11-14,17,25H,9-10H2,1-3H3,(H,28,30)(H,29,33)/t17?,24-/m1/s1. The second-order valence-corrected chi connectivity index (χ2v) is 8.56. The zero-order valence-electron chi connectivity index (χ0n) is 19.6. The highest BCUT2D eigenvalue weighted by Gasteiger charge is 2.44. The summed E-state index contributed by atoms with van der Waals surface area (Å²) in [7, 11) is 3.40. The molecule has 1 fully saturated rings. The number of anilines is 3. The number of ether oxygens (including phenoxy) is 1. The first-order valence-corrected chi connectivity index (χ1v) is 11.3. The van der Waals surface area contributed by atoms with E-state index >= 15 is 0 Å². The maximum Gasteiger partial charge on any atom is 0.279 e. The van der Waals surface area contributed by atoms with Crippen LogP contribution in [0.4, 0.5) is 17.3 Å². The first kappa shape index (κ1) is 22.5. The molecule has 35 heavy (non-hydrogen) atoms. The fraction of sp³-hybridized carbons (Fsp3) is 0.292. The highest BCUT2D eigenvalue weighted by atomic mass is 16.5. The lowest BCUT2D eigenvalue weighted by molar-refractivity contribution is -0.0828. The normalized spacial score (nSPS) is 19.2. The fourth-order valence-electron chi connectivity index (χ4n) is 4.17. The quantitative estimate of drug-likeness (QED) is 0.373. The van der Waals surface area contributed by atoms with Gasteiger partial charge in [-0.15, -0.1) is 0 Å². The molecule has 1 aliphatic rings. The predicted molar refractivity (Wildman–Crippen MR) is 132 cm³/mol. The van der Waals surface area contributed by atoms with E-state index in [2.05, 4.69) is 31.0 Å². The van der Waals surface area contributed by atoms with Gasteiger partial charge in [0.25, 0.3) is 11.5 Å². The van der Waals surface area contributed by atoms with Crippen molar-refractivity contribution in [3.63, 3.8) is 0 Å². The summed E-state index contributed by atoms with van der Waals surface area (Å²) in [5, 5.41) is 13.5. The van der Waals surface area contributed by atoms with Crippen LogP contribution in [0.2, 0.25) is 0 Å². The number of nitrogens with zero attached hydrogens (tertiary/aromatic N) is 5. The van der Waals surface area contributed by atoms with Gasteiger partial charge in [-0.05, 0) is 44.0 Å². The lowest BCUT2D eigenvalue weighted by Crippen LogP contribution is -2.59. The van der Waals surface area contributed by atoms with Crippen LogP contribution in [0.1, 0.15) is 30.1 Å². The molecule has 2 atom stereocenters. The second-order valence-electron chi connectivity index (χ2n) is 8.56. The molecular weight excluding hydrogens is 448 g/mol. The number of methoxy groups -OCH3 is 1. The molecule has 0 spiro atoms. The Hall–Kier alpha value is -4.25. The molecule has 1 saturated carbocycles. The second kappa shape index (κ2) is 8.84. The van der Waals surface area contributed by atoms with Gasteiger partial charge in [-0.1, -0.05) is 6.07 Å². The first-order valence-electron chi connectivity index (χ1n) is 11.3. The van der Waals surface area contributed by atoms with Gasteiger partial charge < -0.3 is 20.7 Å². The molecule has 4 aromatic heterocycles. The van der Waals surface area contributed by atoms with E-state index in [0.717, 1.165) is 12.8 Å². The third kappa shape index (κ3) is 3.99. The smallest absolute Gasteiger partial charge is 0.279 e. The van der Waals surface area contributed by atoms with Crippen molar-refractivity contribution in [3.05, 3.63) is 70.9 Å². The maximum absolute atomic E-state index is 13.1. The van der Waals surface area contributed by atoms with Crippen LogP contribution in [0.15, 0.2) is 59.8 Å². The molecule has 0 aromatic carbocycles. The van der Waals surface area contributed by atoms with Crippen molar-refractivity contribution in [2.24, 2.45) is 0 Å². The van der Waals surface area contributed by atoms with E-state index in [9.17, 15) is 9.59 Å². The molecule has 1 amide bonds. The lowest BCUT2D eigenvalue weighted by Gasteiger charge is -2.45. The third-order valence-electron chi connectivity index (χ3n) is 6.52. The zero-order valence-corrected chi connectivity index (χ0v) is 19.6. The number of pyridine rings is 2. The van der Waals surface area contributed by atoms with E-state index in [4.69, 9.17) is 4.74 Å². The van der Waals surface area contributed by atoms with Crippen LogP contribution < -0.4 is 21.5 Å². The molecule has 4 heterocycles. The third-order valence-corrected chi connectivity index (χ3v) is 6.52. The fourth-order valence-corrected chi connectivity index (χ4v) is 4.17. The Morgan fingerprint density at radius 2 is 2.11 bits per heavy atom. The number of aromatic nitrogens is 5. The average Bonchev–Trinajstić information content (AvgIpc) is 3.31. The van der Waals surface area contributed by atoms with Gasteiger partial charge in [0.2, 0.25) is 0 Å². The van der Waals surface area contributed by atoms with E-state index in [0.29, 0.717) is 34.4 Å². The summed E-state index contributed by atoms with van der Waals surface area (Å²) in [4.78, 5) is 35.0. The van der Waals surface area contributed by atoms with E-state index < -0.39 is 0 Å². The van der Waals surface area contributed by atoms with Crippen molar-refractivity contribution in [2.75, 3.05) is 24.8 Å². The largest absolute Gasteiger partial charge is 0.376 e. The number of carbonyl (C=O) groups excluding carboxylic acids is 1. The predicted octanol–water partition coefficient (Wildman–Crippen LogP) is 2.36. The summed E-state index contributed by atoms with van der Waals surface area (Å²) in [5.74, 6) is 1.21. The van der Waals surface area contributed by atoms with Gasteiger partial charge in [0.05, 0.1) is 17.8 Å². The summed E-state index contributed by atoms with van der Waals surface area (Å²) in [6, 6.07) is 10.4. The number of hydrogen-bond acceptors (Lipinski definition) is 8. The Bertz CT molecular complexity index is 1440. The van der Waals surface area contributed by atoms with Crippen molar-refractivity contribution in [1.82, 2.24) is 29.5 Å². The Kier molecular flexibility index (Phi) is 5.69. The summed E-state index contributed by atoms with van der Waals surface area (Å²) >= 11 is 0. The van der Waals surface area contributed by atoms with Gasteiger partial charge in [-0.2, -0.15) is 9.61 Å². The Morgan fingerprint density at radius 1 is 1.26 bits per heavy atom. The highest BCUT2D eigenvalue weighted by molar-refractivity contribution is 6.00. The van der Waals surface area contributed by atoms with Crippen LogP contribution in [0.25, 0.3) is 11.5 Å². The zero-order chi connectivity index (χ0) is 24.6. The topological polar surface area (TPSA) is 127 Å². The van der Waals surface area contributed by atoms with Gasteiger partial charge >= 0.3 is 0 Å². The molecule has 1 aliphatic carbocycles. The molecule has 0 radical (unpaired) electrons. The molecular formula is C24H26N8O3. The SMILES string of the molecule is CNc1cc(Nc2cccn(-c3ccccn3)c2=O)nc2c(C(=O)NC3CC[C@@]3(C)OC)cnn12. The number of fused-ring (bicyclic) bond motifs is 1. The molecule has 180 valence electrons. The molecule has 11 heteroatoms. The van der Waals surface area contributed by atoms with Crippen LogP contribution in [0, 0.1) is 0 Å². The minimum absolute atomic E-state index is 0.0885.